The molecule has 8 nitrogen and oxygen atoms in total. The molecular weight excluding hydrogens is 462 g/mol. The van der Waals surface area contributed by atoms with Gasteiger partial charge in [0.2, 0.25) is 16.0 Å². The second kappa shape index (κ2) is 9.26. The van der Waals surface area contributed by atoms with Crippen molar-refractivity contribution in [2.24, 2.45) is 0 Å². The second-order valence-corrected chi connectivity index (χ2v) is 9.88. The molecule has 0 aliphatic carbocycles. The standard InChI is InChI=1S/C23H22F2N6O2S/c1-14-12-27-20(13-26-14)15(2)16(3)34(32,33)30-23-29-28-22(17-8-5-4-6-9-17)31(23)21-18(24)10-7-11-19(21)25/h4-13,15-16H,1-3H3,(H,29,30)/t15-,16-/m0/s1. The smallest absolute Gasteiger partial charge is 0.243 e. The van der Waals surface area contributed by atoms with Gasteiger partial charge in [-0.2, -0.15) is 0 Å². The summed E-state index contributed by atoms with van der Waals surface area (Å²) in [6, 6.07) is 11.9. The van der Waals surface area contributed by atoms with E-state index >= 15 is 0 Å². The highest BCUT2D eigenvalue weighted by atomic mass is 32.2. The molecule has 0 fully saturated rings. The van der Waals surface area contributed by atoms with Gasteiger partial charge < -0.3 is 0 Å². The molecule has 176 valence electrons. The predicted molar refractivity (Wildman–Crippen MR) is 124 cm³/mol. The van der Waals surface area contributed by atoms with Gasteiger partial charge in [-0.15, -0.1) is 10.2 Å². The molecule has 0 saturated heterocycles. The van der Waals surface area contributed by atoms with E-state index < -0.39 is 38.5 Å². The second-order valence-electron chi connectivity index (χ2n) is 7.84. The van der Waals surface area contributed by atoms with Gasteiger partial charge >= 0.3 is 0 Å². The number of para-hydroxylation sites is 1. The zero-order valence-corrected chi connectivity index (χ0v) is 19.5. The number of aryl methyl sites for hydroxylation is 1. The maximum atomic E-state index is 14.8. The molecule has 0 saturated carbocycles. The van der Waals surface area contributed by atoms with Crippen LogP contribution in [-0.4, -0.2) is 38.4 Å². The number of hydrogen-bond donors (Lipinski definition) is 1. The lowest BCUT2D eigenvalue weighted by Gasteiger charge is -2.21. The van der Waals surface area contributed by atoms with Crippen molar-refractivity contribution >= 4 is 16.0 Å². The highest BCUT2D eigenvalue weighted by Crippen LogP contribution is 2.30. The Morgan fingerprint density at radius 3 is 2.21 bits per heavy atom. The fourth-order valence-electron chi connectivity index (χ4n) is 3.41. The Labute approximate surface area is 195 Å². The molecule has 34 heavy (non-hydrogen) atoms. The first kappa shape index (κ1) is 23.4. The summed E-state index contributed by atoms with van der Waals surface area (Å²) in [5.74, 6) is -2.58. The maximum absolute atomic E-state index is 14.8. The van der Waals surface area contributed by atoms with E-state index in [1.165, 1.54) is 19.2 Å². The highest BCUT2D eigenvalue weighted by Gasteiger charge is 2.31. The van der Waals surface area contributed by atoms with Crippen LogP contribution in [0.1, 0.15) is 31.2 Å². The van der Waals surface area contributed by atoms with Crippen molar-refractivity contribution in [2.75, 3.05) is 4.72 Å². The normalized spacial score (nSPS) is 13.4. The van der Waals surface area contributed by atoms with Crippen molar-refractivity contribution in [1.82, 2.24) is 24.7 Å². The lowest BCUT2D eigenvalue weighted by Crippen LogP contribution is -2.31. The van der Waals surface area contributed by atoms with Crippen molar-refractivity contribution in [2.45, 2.75) is 31.9 Å². The molecule has 0 spiro atoms. The topological polar surface area (TPSA) is 103 Å². The molecule has 4 rings (SSSR count). The van der Waals surface area contributed by atoms with E-state index in [-0.39, 0.29) is 11.8 Å². The number of nitrogens with one attached hydrogen (secondary N) is 1. The number of hydrogen-bond acceptors (Lipinski definition) is 6. The summed E-state index contributed by atoms with van der Waals surface area (Å²) in [5, 5.41) is 6.98. The van der Waals surface area contributed by atoms with Crippen LogP contribution in [0.5, 0.6) is 0 Å². The molecule has 2 atom stereocenters. The SMILES string of the molecule is Cc1cnc([C@@H](C)[C@H](C)S(=O)(=O)Nc2nnc(-c3ccccc3)n2-c2c(F)cccc2F)cn1. The maximum Gasteiger partial charge on any atom is 0.243 e. The first-order valence-electron chi connectivity index (χ1n) is 10.4. The number of sulfonamides is 1. The third-order valence-electron chi connectivity index (χ3n) is 5.55. The summed E-state index contributed by atoms with van der Waals surface area (Å²) >= 11 is 0. The van der Waals surface area contributed by atoms with Gasteiger partial charge in [0.25, 0.3) is 0 Å². The Morgan fingerprint density at radius 1 is 0.912 bits per heavy atom. The summed E-state index contributed by atoms with van der Waals surface area (Å²) in [5.41, 5.74) is 1.21. The highest BCUT2D eigenvalue weighted by molar-refractivity contribution is 7.93. The van der Waals surface area contributed by atoms with Gasteiger partial charge in [0, 0.05) is 23.9 Å². The average molecular weight is 485 g/mol. The fourth-order valence-corrected chi connectivity index (χ4v) is 4.66. The molecule has 1 N–H and O–H groups in total. The Morgan fingerprint density at radius 2 is 1.59 bits per heavy atom. The van der Waals surface area contributed by atoms with Gasteiger partial charge in [0.1, 0.15) is 17.3 Å². The number of halogens is 2. The Balaban J connectivity index is 1.77. The van der Waals surface area contributed by atoms with Crippen LogP contribution in [0.15, 0.2) is 60.9 Å². The molecule has 0 radical (unpaired) electrons. The minimum absolute atomic E-state index is 0.0763. The number of aromatic nitrogens is 5. The van der Waals surface area contributed by atoms with Crippen molar-refractivity contribution in [3.05, 3.63) is 83.9 Å². The first-order valence-corrected chi connectivity index (χ1v) is 12.0. The van der Waals surface area contributed by atoms with Gasteiger partial charge in [0.05, 0.1) is 16.6 Å². The summed E-state index contributed by atoms with van der Waals surface area (Å²) in [7, 11) is -4.08. The molecule has 0 aliphatic rings. The molecule has 2 aromatic carbocycles. The van der Waals surface area contributed by atoms with Crippen LogP contribution >= 0.6 is 0 Å². The van der Waals surface area contributed by atoms with Crippen LogP contribution in [0.2, 0.25) is 0 Å². The number of rotatable bonds is 7. The molecular formula is C23H22F2N6O2S. The number of nitrogens with zero attached hydrogens (tertiary/aromatic N) is 5. The Kier molecular flexibility index (Phi) is 6.38. The van der Waals surface area contributed by atoms with E-state index in [0.29, 0.717) is 17.0 Å². The third-order valence-corrected chi connectivity index (χ3v) is 7.41. The summed E-state index contributed by atoms with van der Waals surface area (Å²) in [6.45, 7) is 5.00. The van der Waals surface area contributed by atoms with Gasteiger partial charge in [-0.25, -0.2) is 17.2 Å². The van der Waals surface area contributed by atoms with E-state index in [2.05, 4.69) is 24.9 Å². The fraction of sp³-hybridized carbons (Fsp3) is 0.217. The average Bonchev–Trinajstić information content (AvgIpc) is 3.21. The summed E-state index contributed by atoms with van der Waals surface area (Å²) in [6.07, 6.45) is 3.08. The van der Waals surface area contributed by atoms with E-state index in [1.807, 2.05) is 0 Å². The lowest BCUT2D eigenvalue weighted by atomic mass is 10.1. The van der Waals surface area contributed by atoms with Crippen LogP contribution < -0.4 is 4.72 Å². The molecule has 0 bridgehead atoms. The van der Waals surface area contributed by atoms with Crippen LogP contribution in [0, 0.1) is 18.6 Å². The minimum Gasteiger partial charge on any atom is -0.258 e. The summed E-state index contributed by atoms with van der Waals surface area (Å²) < 4.78 is 59.4. The summed E-state index contributed by atoms with van der Waals surface area (Å²) in [4.78, 5) is 8.44. The van der Waals surface area contributed by atoms with Crippen LogP contribution in [-0.2, 0) is 10.0 Å². The zero-order valence-electron chi connectivity index (χ0n) is 18.6. The molecule has 4 aromatic rings. The van der Waals surface area contributed by atoms with Gasteiger partial charge in [-0.1, -0.05) is 43.3 Å². The molecule has 2 heterocycles. The minimum atomic E-state index is -4.08. The Bertz CT molecular complexity index is 1390. The van der Waals surface area contributed by atoms with Gasteiger partial charge in [-0.3, -0.25) is 19.3 Å². The van der Waals surface area contributed by atoms with Crippen molar-refractivity contribution in [3.63, 3.8) is 0 Å². The van der Waals surface area contributed by atoms with E-state index in [9.17, 15) is 17.2 Å². The predicted octanol–water partition coefficient (Wildman–Crippen LogP) is 4.24. The van der Waals surface area contributed by atoms with Crippen molar-refractivity contribution in [1.29, 1.82) is 0 Å². The van der Waals surface area contributed by atoms with Crippen LogP contribution in [0.3, 0.4) is 0 Å². The Hall–Kier alpha value is -3.73. The molecule has 0 amide bonds. The third kappa shape index (κ3) is 4.51. The van der Waals surface area contributed by atoms with Gasteiger partial charge in [-0.05, 0) is 26.0 Å². The number of benzene rings is 2. The van der Waals surface area contributed by atoms with E-state index in [0.717, 1.165) is 16.7 Å². The lowest BCUT2D eigenvalue weighted by molar-refractivity contribution is 0.566. The molecule has 0 unspecified atom stereocenters. The number of anilines is 1. The van der Waals surface area contributed by atoms with Gasteiger partial charge in [0.15, 0.2) is 5.82 Å². The van der Waals surface area contributed by atoms with Crippen LogP contribution in [0.25, 0.3) is 17.1 Å². The monoisotopic (exact) mass is 484 g/mol. The van der Waals surface area contributed by atoms with E-state index in [1.54, 1.807) is 50.4 Å². The molecule has 11 heteroatoms. The largest absolute Gasteiger partial charge is 0.258 e. The molecule has 2 aromatic heterocycles. The van der Waals surface area contributed by atoms with Crippen LogP contribution in [0.4, 0.5) is 14.7 Å². The quantitative estimate of drug-likeness (QED) is 0.421. The molecule has 0 aliphatic heterocycles. The van der Waals surface area contributed by atoms with E-state index in [4.69, 9.17) is 0 Å². The van der Waals surface area contributed by atoms with Crippen molar-refractivity contribution in [3.8, 4) is 17.1 Å². The van der Waals surface area contributed by atoms with Crippen molar-refractivity contribution < 1.29 is 17.2 Å². The first-order chi connectivity index (χ1) is 16.2. The zero-order chi connectivity index (χ0) is 24.5.